The number of hydrogen-bond donors (Lipinski definition) is 1. The summed E-state index contributed by atoms with van der Waals surface area (Å²) in [5, 5.41) is 7.35. The summed E-state index contributed by atoms with van der Waals surface area (Å²) in [6.07, 6.45) is 5.84. The van der Waals surface area contributed by atoms with Gasteiger partial charge in [0.1, 0.15) is 0 Å². The van der Waals surface area contributed by atoms with E-state index in [1.54, 1.807) is 12.4 Å². The van der Waals surface area contributed by atoms with Gasteiger partial charge >= 0.3 is 0 Å². The normalized spacial score (nSPS) is 14.8. The first-order valence-corrected chi connectivity index (χ1v) is 6.65. The minimum absolute atomic E-state index is 0.519. The molecule has 0 unspecified atom stereocenters. The molecule has 20 heavy (non-hydrogen) atoms. The molecule has 0 saturated heterocycles. The SMILES string of the molecule is c1cnc2cc(-c3nc(CNC4CC4)no3)ccc2n1. The van der Waals surface area contributed by atoms with Crippen LogP contribution in [-0.2, 0) is 6.54 Å². The van der Waals surface area contributed by atoms with E-state index in [4.69, 9.17) is 4.52 Å². The molecule has 0 aliphatic heterocycles. The number of fused-ring (bicyclic) bond motifs is 1. The van der Waals surface area contributed by atoms with Gasteiger partial charge in [-0.1, -0.05) is 5.16 Å². The molecule has 1 aliphatic carbocycles. The maximum atomic E-state index is 5.30. The number of benzene rings is 1. The highest BCUT2D eigenvalue weighted by molar-refractivity contribution is 5.79. The van der Waals surface area contributed by atoms with Crippen LogP contribution in [0.25, 0.3) is 22.5 Å². The van der Waals surface area contributed by atoms with Crippen LogP contribution in [0.15, 0.2) is 35.1 Å². The maximum Gasteiger partial charge on any atom is 0.258 e. The number of rotatable bonds is 4. The Kier molecular flexibility index (Phi) is 2.67. The summed E-state index contributed by atoms with van der Waals surface area (Å²) >= 11 is 0. The third kappa shape index (κ3) is 2.25. The van der Waals surface area contributed by atoms with Gasteiger partial charge in [-0.25, -0.2) is 0 Å². The standard InChI is InChI=1S/C14H13N5O/c1-4-11-12(16-6-5-15-11)7-9(1)14-18-13(19-20-14)8-17-10-2-3-10/h1,4-7,10,17H,2-3,8H2. The molecule has 2 aromatic heterocycles. The van der Waals surface area contributed by atoms with Crippen molar-refractivity contribution < 1.29 is 4.52 Å². The monoisotopic (exact) mass is 267 g/mol. The summed E-state index contributed by atoms with van der Waals surface area (Å²) in [7, 11) is 0. The number of nitrogens with one attached hydrogen (secondary N) is 1. The van der Waals surface area contributed by atoms with E-state index < -0.39 is 0 Å². The van der Waals surface area contributed by atoms with Gasteiger partial charge in [0.2, 0.25) is 0 Å². The third-order valence-electron chi connectivity index (χ3n) is 3.31. The molecule has 3 aromatic rings. The van der Waals surface area contributed by atoms with E-state index >= 15 is 0 Å². The van der Waals surface area contributed by atoms with Gasteiger partial charge in [-0.15, -0.1) is 0 Å². The van der Waals surface area contributed by atoms with Gasteiger partial charge in [0.25, 0.3) is 5.89 Å². The van der Waals surface area contributed by atoms with Gasteiger partial charge in [0.05, 0.1) is 17.6 Å². The van der Waals surface area contributed by atoms with Gasteiger partial charge < -0.3 is 9.84 Å². The lowest BCUT2D eigenvalue weighted by atomic mass is 10.2. The lowest BCUT2D eigenvalue weighted by Gasteiger charge is -1.97. The molecule has 0 atom stereocenters. The van der Waals surface area contributed by atoms with Crippen LogP contribution < -0.4 is 5.32 Å². The van der Waals surface area contributed by atoms with Crippen LogP contribution in [0.3, 0.4) is 0 Å². The fourth-order valence-corrected chi connectivity index (χ4v) is 2.06. The van der Waals surface area contributed by atoms with E-state index in [-0.39, 0.29) is 0 Å². The zero-order chi connectivity index (χ0) is 13.4. The molecule has 1 aliphatic rings. The molecule has 100 valence electrons. The number of hydrogen-bond acceptors (Lipinski definition) is 6. The van der Waals surface area contributed by atoms with E-state index in [0.29, 0.717) is 24.3 Å². The Morgan fingerprint density at radius 3 is 2.85 bits per heavy atom. The average Bonchev–Trinajstić information content (AvgIpc) is 3.21. The van der Waals surface area contributed by atoms with Crippen LogP contribution in [0, 0.1) is 0 Å². The molecule has 0 spiro atoms. The average molecular weight is 267 g/mol. The van der Waals surface area contributed by atoms with Crippen molar-refractivity contribution in [3.05, 3.63) is 36.4 Å². The molecule has 1 aromatic carbocycles. The van der Waals surface area contributed by atoms with Crippen molar-refractivity contribution in [1.29, 1.82) is 0 Å². The summed E-state index contributed by atoms with van der Waals surface area (Å²) < 4.78 is 5.30. The highest BCUT2D eigenvalue weighted by Crippen LogP contribution is 2.22. The van der Waals surface area contributed by atoms with Crippen LogP contribution in [0.4, 0.5) is 0 Å². The lowest BCUT2D eigenvalue weighted by Crippen LogP contribution is -2.16. The molecule has 6 nitrogen and oxygen atoms in total. The fourth-order valence-electron chi connectivity index (χ4n) is 2.06. The Morgan fingerprint density at radius 1 is 1.15 bits per heavy atom. The highest BCUT2D eigenvalue weighted by Gasteiger charge is 2.21. The predicted molar refractivity (Wildman–Crippen MR) is 72.7 cm³/mol. The second-order valence-corrected chi connectivity index (χ2v) is 4.93. The molecular formula is C14H13N5O. The van der Waals surface area contributed by atoms with Crippen LogP contribution in [0.2, 0.25) is 0 Å². The first kappa shape index (κ1) is 11.5. The summed E-state index contributed by atoms with van der Waals surface area (Å²) in [4.78, 5) is 12.9. The summed E-state index contributed by atoms with van der Waals surface area (Å²) in [6, 6.07) is 6.37. The minimum atomic E-state index is 0.519. The zero-order valence-electron chi connectivity index (χ0n) is 10.8. The van der Waals surface area contributed by atoms with Crippen molar-refractivity contribution in [2.75, 3.05) is 0 Å². The van der Waals surface area contributed by atoms with Crippen LogP contribution in [-0.4, -0.2) is 26.2 Å². The first-order valence-electron chi connectivity index (χ1n) is 6.65. The highest BCUT2D eigenvalue weighted by atomic mass is 16.5. The molecule has 1 N–H and O–H groups in total. The van der Waals surface area contributed by atoms with Crippen LogP contribution in [0.1, 0.15) is 18.7 Å². The van der Waals surface area contributed by atoms with Gasteiger partial charge in [-0.3, -0.25) is 9.97 Å². The van der Waals surface area contributed by atoms with Crippen molar-refractivity contribution in [3.8, 4) is 11.5 Å². The largest absolute Gasteiger partial charge is 0.334 e. The van der Waals surface area contributed by atoms with E-state index in [0.717, 1.165) is 16.6 Å². The Labute approximate surface area is 115 Å². The van der Waals surface area contributed by atoms with E-state index in [9.17, 15) is 0 Å². The Bertz CT molecular complexity index is 750. The second kappa shape index (κ2) is 4.64. The van der Waals surface area contributed by atoms with Gasteiger partial charge in [-0.05, 0) is 31.0 Å². The Morgan fingerprint density at radius 2 is 2.00 bits per heavy atom. The molecule has 1 saturated carbocycles. The topological polar surface area (TPSA) is 76.7 Å². The molecule has 1 fully saturated rings. The lowest BCUT2D eigenvalue weighted by molar-refractivity contribution is 0.419. The third-order valence-corrected chi connectivity index (χ3v) is 3.31. The molecule has 2 heterocycles. The molecule has 0 bridgehead atoms. The first-order chi connectivity index (χ1) is 9.88. The Balaban J connectivity index is 1.60. The van der Waals surface area contributed by atoms with Crippen molar-refractivity contribution in [2.45, 2.75) is 25.4 Å². The molecular weight excluding hydrogens is 254 g/mol. The van der Waals surface area contributed by atoms with Gasteiger partial charge in [0, 0.05) is 24.0 Å². The van der Waals surface area contributed by atoms with Crippen LogP contribution >= 0.6 is 0 Å². The predicted octanol–water partition coefficient (Wildman–Crippen LogP) is 1.93. The van der Waals surface area contributed by atoms with Crippen molar-refractivity contribution in [3.63, 3.8) is 0 Å². The van der Waals surface area contributed by atoms with E-state index in [1.807, 2.05) is 18.2 Å². The Hall–Kier alpha value is -2.34. The summed E-state index contributed by atoms with van der Waals surface area (Å²) in [6.45, 7) is 0.654. The second-order valence-electron chi connectivity index (χ2n) is 4.93. The van der Waals surface area contributed by atoms with Gasteiger partial charge in [-0.2, -0.15) is 4.98 Å². The molecule has 0 radical (unpaired) electrons. The van der Waals surface area contributed by atoms with E-state index in [2.05, 4.69) is 25.4 Å². The van der Waals surface area contributed by atoms with Crippen molar-refractivity contribution >= 4 is 11.0 Å². The fraction of sp³-hybridized carbons (Fsp3) is 0.286. The summed E-state index contributed by atoms with van der Waals surface area (Å²) in [5.74, 6) is 1.20. The molecule has 6 heteroatoms. The summed E-state index contributed by atoms with van der Waals surface area (Å²) in [5.41, 5.74) is 2.54. The molecule has 0 amide bonds. The minimum Gasteiger partial charge on any atom is -0.334 e. The smallest absolute Gasteiger partial charge is 0.258 e. The molecule has 4 rings (SSSR count). The van der Waals surface area contributed by atoms with Crippen molar-refractivity contribution in [2.24, 2.45) is 0 Å². The maximum absolute atomic E-state index is 5.30. The quantitative estimate of drug-likeness (QED) is 0.778. The van der Waals surface area contributed by atoms with Crippen LogP contribution in [0.5, 0.6) is 0 Å². The van der Waals surface area contributed by atoms with Crippen molar-refractivity contribution in [1.82, 2.24) is 25.4 Å². The number of nitrogens with zero attached hydrogens (tertiary/aromatic N) is 4. The van der Waals surface area contributed by atoms with E-state index in [1.165, 1.54) is 12.8 Å². The van der Waals surface area contributed by atoms with Gasteiger partial charge in [0.15, 0.2) is 5.82 Å². The zero-order valence-corrected chi connectivity index (χ0v) is 10.8. The number of aromatic nitrogens is 4.